The molecule has 0 unspecified atom stereocenters. The van der Waals surface area contributed by atoms with Crippen molar-refractivity contribution in [1.29, 1.82) is 0 Å². The monoisotopic (exact) mass is 239 g/mol. The van der Waals surface area contributed by atoms with Gasteiger partial charge in [-0.05, 0) is 13.0 Å². The molecule has 2 N–H and O–H groups in total. The van der Waals surface area contributed by atoms with E-state index in [0.29, 0.717) is 27.4 Å². The zero-order valence-corrected chi connectivity index (χ0v) is 9.55. The summed E-state index contributed by atoms with van der Waals surface area (Å²) in [6.07, 6.45) is 0. The van der Waals surface area contributed by atoms with Crippen LogP contribution in [0.15, 0.2) is 12.1 Å². The number of aromatic nitrogens is 1. The number of rotatable bonds is 2. The van der Waals surface area contributed by atoms with Gasteiger partial charge in [0.1, 0.15) is 5.75 Å². The summed E-state index contributed by atoms with van der Waals surface area (Å²) in [6, 6.07) is 3.29. The quantitative estimate of drug-likeness (QED) is 0.847. The Labute approximate surface area is 96.8 Å². The van der Waals surface area contributed by atoms with E-state index in [0.717, 1.165) is 0 Å². The summed E-state index contributed by atoms with van der Waals surface area (Å²) < 4.78 is 5.06. The molecule has 0 saturated heterocycles. The van der Waals surface area contributed by atoms with Gasteiger partial charge in [-0.25, -0.2) is 4.79 Å². The van der Waals surface area contributed by atoms with E-state index in [1.807, 2.05) is 0 Å². The first kappa shape index (κ1) is 10.8. The minimum Gasteiger partial charge on any atom is -0.495 e. The Balaban J connectivity index is 2.81. The third-order valence-electron chi connectivity index (χ3n) is 2.47. The second-order valence-corrected chi connectivity index (χ2v) is 3.87. The van der Waals surface area contributed by atoms with Crippen molar-refractivity contribution in [2.75, 3.05) is 7.11 Å². The molecule has 0 saturated carbocycles. The lowest BCUT2D eigenvalue weighted by molar-refractivity contribution is 0.0698. The van der Waals surface area contributed by atoms with Gasteiger partial charge in [0.25, 0.3) is 0 Å². The third kappa shape index (κ3) is 1.51. The van der Waals surface area contributed by atoms with Crippen molar-refractivity contribution in [1.82, 2.24) is 4.98 Å². The van der Waals surface area contributed by atoms with E-state index in [1.54, 1.807) is 19.1 Å². The van der Waals surface area contributed by atoms with Crippen molar-refractivity contribution in [3.05, 3.63) is 28.4 Å². The first-order chi connectivity index (χ1) is 7.54. The summed E-state index contributed by atoms with van der Waals surface area (Å²) in [5.41, 5.74) is 1.56. The number of hydrogen-bond donors (Lipinski definition) is 2. The fraction of sp³-hybridized carbons (Fsp3) is 0.182. The van der Waals surface area contributed by atoms with Crippen LogP contribution < -0.4 is 4.74 Å². The van der Waals surface area contributed by atoms with Crippen LogP contribution in [0.3, 0.4) is 0 Å². The molecule has 0 atom stereocenters. The number of carboxylic acids is 1. The van der Waals surface area contributed by atoms with E-state index < -0.39 is 5.97 Å². The van der Waals surface area contributed by atoms with Crippen LogP contribution >= 0.6 is 11.6 Å². The SMILES string of the molecule is COc1cc2[nH]c(C)c(C(=O)O)c2cc1Cl. The smallest absolute Gasteiger partial charge is 0.338 e. The van der Waals surface area contributed by atoms with Gasteiger partial charge in [0.15, 0.2) is 0 Å². The molecule has 0 amide bonds. The minimum atomic E-state index is -0.968. The van der Waals surface area contributed by atoms with Gasteiger partial charge in [-0.15, -0.1) is 0 Å². The second-order valence-electron chi connectivity index (χ2n) is 3.46. The van der Waals surface area contributed by atoms with Gasteiger partial charge in [-0.2, -0.15) is 0 Å². The molecule has 1 aromatic carbocycles. The standard InChI is InChI=1S/C11H10ClNO3/c1-5-10(11(14)15)6-3-7(12)9(16-2)4-8(6)13-5/h3-4,13H,1-2H3,(H,14,15). The van der Waals surface area contributed by atoms with Gasteiger partial charge in [-0.3, -0.25) is 0 Å². The number of methoxy groups -OCH3 is 1. The lowest BCUT2D eigenvalue weighted by Crippen LogP contribution is -1.97. The summed E-state index contributed by atoms with van der Waals surface area (Å²) in [7, 11) is 1.51. The maximum Gasteiger partial charge on any atom is 0.338 e. The molecule has 0 spiro atoms. The van der Waals surface area contributed by atoms with Crippen LogP contribution in [0.1, 0.15) is 16.1 Å². The molecule has 0 bridgehead atoms. The van der Waals surface area contributed by atoms with Crippen LogP contribution in [0.5, 0.6) is 5.75 Å². The summed E-state index contributed by atoms with van der Waals surface area (Å²) in [5.74, 6) is -0.447. The Morgan fingerprint density at radius 3 is 2.75 bits per heavy atom. The highest BCUT2D eigenvalue weighted by Gasteiger charge is 2.16. The zero-order chi connectivity index (χ0) is 11.9. The molecular formula is C11H10ClNO3. The number of ether oxygens (including phenoxy) is 1. The first-order valence-electron chi connectivity index (χ1n) is 4.63. The maximum absolute atomic E-state index is 11.1. The number of fused-ring (bicyclic) bond motifs is 1. The van der Waals surface area contributed by atoms with Gasteiger partial charge >= 0.3 is 5.97 Å². The molecule has 0 aliphatic rings. The summed E-state index contributed by atoms with van der Waals surface area (Å²) >= 11 is 5.96. The Hall–Kier alpha value is -1.68. The molecule has 2 rings (SSSR count). The van der Waals surface area contributed by atoms with Crippen LogP contribution in [0.2, 0.25) is 5.02 Å². The number of H-pyrrole nitrogens is 1. The second kappa shape index (κ2) is 3.72. The van der Waals surface area contributed by atoms with Crippen molar-refractivity contribution in [3.63, 3.8) is 0 Å². The minimum absolute atomic E-state index is 0.250. The van der Waals surface area contributed by atoms with E-state index >= 15 is 0 Å². The highest BCUT2D eigenvalue weighted by atomic mass is 35.5. The molecule has 1 heterocycles. The van der Waals surface area contributed by atoms with Gasteiger partial charge in [0.05, 0.1) is 23.2 Å². The number of aryl methyl sites for hydroxylation is 1. The molecule has 5 heteroatoms. The summed E-state index contributed by atoms with van der Waals surface area (Å²) in [6.45, 7) is 1.71. The highest BCUT2D eigenvalue weighted by Crippen LogP contribution is 2.32. The lowest BCUT2D eigenvalue weighted by Gasteiger charge is -2.02. The summed E-state index contributed by atoms with van der Waals surface area (Å²) in [4.78, 5) is 14.1. The molecule has 4 nitrogen and oxygen atoms in total. The van der Waals surface area contributed by atoms with Crippen LogP contribution in [0, 0.1) is 6.92 Å². The normalized spacial score (nSPS) is 10.7. The molecule has 2 aromatic rings. The van der Waals surface area contributed by atoms with Gasteiger partial charge in [-0.1, -0.05) is 11.6 Å². The molecule has 0 aliphatic heterocycles. The number of aromatic carboxylic acids is 1. The van der Waals surface area contributed by atoms with Crippen molar-refractivity contribution >= 4 is 28.5 Å². The number of nitrogens with one attached hydrogen (secondary N) is 1. The van der Waals surface area contributed by atoms with E-state index in [-0.39, 0.29) is 5.56 Å². The fourth-order valence-electron chi connectivity index (χ4n) is 1.76. The van der Waals surface area contributed by atoms with Crippen LogP contribution in [0.25, 0.3) is 10.9 Å². The molecule has 16 heavy (non-hydrogen) atoms. The van der Waals surface area contributed by atoms with E-state index in [4.69, 9.17) is 21.4 Å². The van der Waals surface area contributed by atoms with E-state index in [9.17, 15) is 4.79 Å². The van der Waals surface area contributed by atoms with Crippen LogP contribution in [-0.2, 0) is 0 Å². The van der Waals surface area contributed by atoms with Crippen LogP contribution in [-0.4, -0.2) is 23.2 Å². The van der Waals surface area contributed by atoms with Gasteiger partial charge in [0.2, 0.25) is 0 Å². The van der Waals surface area contributed by atoms with E-state index in [1.165, 1.54) is 7.11 Å². The van der Waals surface area contributed by atoms with E-state index in [2.05, 4.69) is 4.98 Å². The Morgan fingerprint density at radius 2 is 2.19 bits per heavy atom. The Morgan fingerprint density at radius 1 is 1.50 bits per heavy atom. The molecule has 1 aromatic heterocycles. The first-order valence-corrected chi connectivity index (χ1v) is 5.01. The van der Waals surface area contributed by atoms with Crippen molar-refractivity contribution in [3.8, 4) is 5.75 Å². The highest BCUT2D eigenvalue weighted by molar-refractivity contribution is 6.33. The zero-order valence-electron chi connectivity index (χ0n) is 8.80. The number of carbonyl (C=O) groups is 1. The molecule has 84 valence electrons. The lowest BCUT2D eigenvalue weighted by atomic mass is 10.1. The maximum atomic E-state index is 11.1. The topological polar surface area (TPSA) is 62.3 Å². The molecule has 0 fully saturated rings. The third-order valence-corrected chi connectivity index (χ3v) is 2.77. The fourth-order valence-corrected chi connectivity index (χ4v) is 2.00. The van der Waals surface area contributed by atoms with Crippen molar-refractivity contribution < 1.29 is 14.6 Å². The van der Waals surface area contributed by atoms with Crippen molar-refractivity contribution in [2.45, 2.75) is 6.92 Å². The Bertz CT molecular complexity index is 574. The number of halogens is 1. The predicted molar refractivity (Wildman–Crippen MR) is 61.6 cm³/mol. The average molecular weight is 240 g/mol. The average Bonchev–Trinajstić information content (AvgIpc) is 2.51. The molecule has 0 radical (unpaired) electrons. The number of aromatic amines is 1. The van der Waals surface area contributed by atoms with Crippen molar-refractivity contribution in [2.24, 2.45) is 0 Å². The molecule has 0 aliphatic carbocycles. The summed E-state index contributed by atoms with van der Waals surface area (Å²) in [5, 5.41) is 10.1. The predicted octanol–water partition coefficient (Wildman–Crippen LogP) is 2.84. The number of benzene rings is 1. The Kier molecular flexibility index (Phi) is 2.52. The van der Waals surface area contributed by atoms with Gasteiger partial charge in [0, 0.05) is 17.1 Å². The van der Waals surface area contributed by atoms with Gasteiger partial charge < -0.3 is 14.8 Å². The molecular weight excluding hydrogens is 230 g/mol. The number of carboxylic acid groups (broad SMARTS) is 1. The largest absolute Gasteiger partial charge is 0.495 e. The van der Waals surface area contributed by atoms with Crippen LogP contribution in [0.4, 0.5) is 0 Å². The number of hydrogen-bond acceptors (Lipinski definition) is 2.